The van der Waals surface area contributed by atoms with Crippen LogP contribution in [0.1, 0.15) is 30.1 Å². The van der Waals surface area contributed by atoms with Crippen molar-refractivity contribution < 1.29 is 9.18 Å². The predicted molar refractivity (Wildman–Crippen MR) is 94.8 cm³/mol. The first-order valence-corrected chi connectivity index (χ1v) is 8.66. The Morgan fingerprint density at radius 1 is 1.12 bits per heavy atom. The Kier molecular flexibility index (Phi) is 4.22. The summed E-state index contributed by atoms with van der Waals surface area (Å²) in [6, 6.07) is 14.5. The highest BCUT2D eigenvalue weighted by atomic mass is 19.1. The van der Waals surface area contributed by atoms with E-state index in [4.69, 9.17) is 0 Å². The molecule has 2 heterocycles. The number of nitrogens with zero attached hydrogens (tertiary/aromatic N) is 2. The number of carbonyl (C=O) groups is 1. The van der Waals surface area contributed by atoms with Gasteiger partial charge >= 0.3 is 0 Å². The van der Waals surface area contributed by atoms with Gasteiger partial charge in [0.1, 0.15) is 11.6 Å². The topological polar surface area (TPSA) is 49.0 Å². The molecule has 4 nitrogen and oxygen atoms in total. The molecule has 0 radical (unpaired) electrons. The van der Waals surface area contributed by atoms with Crippen molar-refractivity contribution in [3.05, 3.63) is 65.7 Å². The van der Waals surface area contributed by atoms with E-state index in [9.17, 15) is 9.18 Å². The molecule has 1 saturated heterocycles. The van der Waals surface area contributed by atoms with Crippen LogP contribution in [-0.4, -0.2) is 33.9 Å². The van der Waals surface area contributed by atoms with E-state index < -0.39 is 0 Å². The number of fused-ring (bicyclic) bond motifs is 1. The predicted octanol–water partition coefficient (Wildman–Crippen LogP) is 3.65. The lowest BCUT2D eigenvalue weighted by Gasteiger charge is -2.31. The molecule has 0 atom stereocenters. The van der Waals surface area contributed by atoms with Crippen LogP contribution in [0.15, 0.2) is 48.5 Å². The summed E-state index contributed by atoms with van der Waals surface area (Å²) in [6.45, 7) is 1.38. The van der Waals surface area contributed by atoms with Gasteiger partial charge in [0.2, 0.25) is 5.91 Å². The van der Waals surface area contributed by atoms with E-state index in [0.29, 0.717) is 24.6 Å². The minimum Gasteiger partial charge on any atom is -0.342 e. The van der Waals surface area contributed by atoms with Crippen molar-refractivity contribution in [2.45, 2.75) is 25.2 Å². The monoisotopic (exact) mass is 337 g/mol. The summed E-state index contributed by atoms with van der Waals surface area (Å²) in [5.74, 6) is 1.02. The van der Waals surface area contributed by atoms with Crippen molar-refractivity contribution in [1.82, 2.24) is 14.9 Å². The molecule has 0 aliphatic carbocycles. The maximum Gasteiger partial charge on any atom is 0.227 e. The minimum atomic E-state index is -0.312. The molecule has 0 saturated carbocycles. The molecule has 1 fully saturated rings. The van der Waals surface area contributed by atoms with E-state index in [0.717, 1.165) is 29.7 Å². The zero-order chi connectivity index (χ0) is 17.2. The first kappa shape index (κ1) is 15.8. The van der Waals surface area contributed by atoms with Gasteiger partial charge in [-0.15, -0.1) is 0 Å². The number of para-hydroxylation sites is 2. The van der Waals surface area contributed by atoms with Gasteiger partial charge in [0, 0.05) is 19.0 Å². The van der Waals surface area contributed by atoms with Crippen molar-refractivity contribution in [1.29, 1.82) is 0 Å². The third-order valence-corrected chi connectivity index (χ3v) is 4.94. The van der Waals surface area contributed by atoms with Gasteiger partial charge in [0.25, 0.3) is 0 Å². The molecule has 1 aromatic heterocycles. The molecule has 2 aromatic carbocycles. The molecule has 5 heteroatoms. The highest BCUT2D eigenvalue weighted by Gasteiger charge is 2.26. The number of hydrogen-bond donors (Lipinski definition) is 1. The van der Waals surface area contributed by atoms with Gasteiger partial charge in [-0.3, -0.25) is 4.79 Å². The molecule has 4 rings (SSSR count). The fourth-order valence-corrected chi connectivity index (χ4v) is 3.48. The number of halogens is 1. The van der Waals surface area contributed by atoms with Gasteiger partial charge in [0.05, 0.1) is 17.5 Å². The molecule has 128 valence electrons. The Labute approximate surface area is 145 Å². The third kappa shape index (κ3) is 3.27. The van der Waals surface area contributed by atoms with E-state index in [-0.39, 0.29) is 18.1 Å². The molecule has 0 spiro atoms. The number of aromatic nitrogens is 2. The van der Waals surface area contributed by atoms with E-state index in [1.165, 1.54) is 6.07 Å². The van der Waals surface area contributed by atoms with Crippen molar-refractivity contribution in [2.24, 2.45) is 0 Å². The molecule has 3 aromatic rings. The van der Waals surface area contributed by atoms with E-state index in [1.807, 2.05) is 29.2 Å². The average molecular weight is 337 g/mol. The average Bonchev–Trinajstić information content (AvgIpc) is 3.08. The van der Waals surface area contributed by atoms with Crippen molar-refractivity contribution in [2.75, 3.05) is 13.1 Å². The highest BCUT2D eigenvalue weighted by Crippen LogP contribution is 2.28. The first-order chi connectivity index (χ1) is 12.2. The van der Waals surface area contributed by atoms with Crippen LogP contribution >= 0.6 is 0 Å². The number of H-pyrrole nitrogens is 1. The number of nitrogens with one attached hydrogen (secondary N) is 1. The minimum absolute atomic E-state index is 0.00634. The van der Waals surface area contributed by atoms with Gasteiger partial charge in [-0.1, -0.05) is 30.3 Å². The molecule has 25 heavy (non-hydrogen) atoms. The van der Waals surface area contributed by atoms with Crippen LogP contribution in [0.3, 0.4) is 0 Å². The SMILES string of the molecule is O=C(Cc1ccccc1F)N1CCC(c2nc3ccccc3[nH]2)CC1. The maximum atomic E-state index is 13.7. The normalized spacial score (nSPS) is 15.6. The Morgan fingerprint density at radius 3 is 2.60 bits per heavy atom. The number of hydrogen-bond acceptors (Lipinski definition) is 2. The van der Waals surface area contributed by atoms with Crippen LogP contribution in [0.2, 0.25) is 0 Å². The molecule has 1 N–H and O–H groups in total. The number of benzene rings is 2. The summed E-state index contributed by atoms with van der Waals surface area (Å²) < 4.78 is 13.7. The maximum absolute atomic E-state index is 13.7. The fraction of sp³-hybridized carbons (Fsp3) is 0.300. The lowest BCUT2D eigenvalue weighted by Crippen LogP contribution is -2.39. The molecular weight excluding hydrogens is 317 g/mol. The Hall–Kier alpha value is -2.69. The quantitative estimate of drug-likeness (QED) is 0.793. The van der Waals surface area contributed by atoms with Crippen LogP contribution in [-0.2, 0) is 11.2 Å². The standard InChI is InChI=1S/C20H20FN3O/c21-16-6-2-1-5-15(16)13-19(25)24-11-9-14(10-12-24)20-22-17-7-3-4-8-18(17)23-20/h1-8,14H,9-13H2,(H,22,23). The molecule has 1 amide bonds. The lowest BCUT2D eigenvalue weighted by atomic mass is 9.95. The fourth-order valence-electron chi connectivity index (χ4n) is 3.48. The third-order valence-electron chi connectivity index (χ3n) is 4.94. The molecule has 0 unspecified atom stereocenters. The lowest BCUT2D eigenvalue weighted by molar-refractivity contribution is -0.131. The van der Waals surface area contributed by atoms with Gasteiger partial charge in [-0.25, -0.2) is 9.37 Å². The Bertz CT molecular complexity index is 864. The summed E-state index contributed by atoms with van der Waals surface area (Å²) in [5.41, 5.74) is 2.50. The summed E-state index contributed by atoms with van der Waals surface area (Å²) in [4.78, 5) is 22.3. The number of piperidine rings is 1. The number of rotatable bonds is 3. The first-order valence-electron chi connectivity index (χ1n) is 8.66. The second-order valence-electron chi connectivity index (χ2n) is 6.56. The summed E-state index contributed by atoms with van der Waals surface area (Å²) in [7, 11) is 0. The van der Waals surface area contributed by atoms with E-state index >= 15 is 0 Å². The molecule has 0 bridgehead atoms. The van der Waals surface area contributed by atoms with Crippen LogP contribution in [0.4, 0.5) is 4.39 Å². The van der Waals surface area contributed by atoms with Crippen LogP contribution in [0, 0.1) is 5.82 Å². The summed E-state index contributed by atoms with van der Waals surface area (Å²) in [5, 5.41) is 0. The Balaban J connectivity index is 1.39. The zero-order valence-corrected chi connectivity index (χ0v) is 13.9. The van der Waals surface area contributed by atoms with Gasteiger partial charge in [-0.05, 0) is 36.6 Å². The van der Waals surface area contributed by atoms with Crippen LogP contribution in [0.5, 0.6) is 0 Å². The smallest absolute Gasteiger partial charge is 0.227 e. The summed E-state index contributed by atoms with van der Waals surface area (Å²) >= 11 is 0. The van der Waals surface area contributed by atoms with Crippen LogP contribution < -0.4 is 0 Å². The van der Waals surface area contributed by atoms with Gasteiger partial charge in [-0.2, -0.15) is 0 Å². The highest BCUT2D eigenvalue weighted by molar-refractivity contribution is 5.79. The summed E-state index contributed by atoms with van der Waals surface area (Å²) in [6.07, 6.45) is 1.88. The van der Waals surface area contributed by atoms with Crippen molar-refractivity contribution in [3.63, 3.8) is 0 Å². The number of amides is 1. The van der Waals surface area contributed by atoms with Gasteiger partial charge in [0.15, 0.2) is 0 Å². The second-order valence-corrected chi connectivity index (χ2v) is 6.56. The Morgan fingerprint density at radius 2 is 1.84 bits per heavy atom. The largest absolute Gasteiger partial charge is 0.342 e. The van der Waals surface area contributed by atoms with Crippen LogP contribution in [0.25, 0.3) is 11.0 Å². The van der Waals surface area contributed by atoms with E-state index in [1.54, 1.807) is 18.2 Å². The van der Waals surface area contributed by atoms with Gasteiger partial charge < -0.3 is 9.88 Å². The molecular formula is C20H20FN3O. The molecule has 1 aliphatic rings. The van der Waals surface area contributed by atoms with E-state index in [2.05, 4.69) is 9.97 Å². The zero-order valence-electron chi connectivity index (χ0n) is 13.9. The number of likely N-dealkylation sites (tertiary alicyclic amines) is 1. The number of aromatic amines is 1. The molecule has 1 aliphatic heterocycles. The second kappa shape index (κ2) is 6.67. The number of carbonyl (C=O) groups excluding carboxylic acids is 1. The number of imidazole rings is 1. The van der Waals surface area contributed by atoms with Crippen molar-refractivity contribution >= 4 is 16.9 Å². The van der Waals surface area contributed by atoms with Crippen molar-refractivity contribution in [3.8, 4) is 0 Å².